The van der Waals surface area contributed by atoms with Crippen LogP contribution in [0.2, 0.25) is 0 Å². The minimum atomic E-state index is 0.264. The van der Waals surface area contributed by atoms with E-state index in [0.717, 1.165) is 26.2 Å². The fraction of sp³-hybridized carbons (Fsp3) is 1.00. The lowest BCUT2D eigenvalue weighted by atomic mass is 10.2. The third-order valence-corrected chi connectivity index (χ3v) is 2.10. The van der Waals surface area contributed by atoms with Crippen molar-refractivity contribution in [2.75, 3.05) is 26.8 Å². The van der Waals surface area contributed by atoms with Gasteiger partial charge in [-0.1, -0.05) is 0 Å². The van der Waals surface area contributed by atoms with Gasteiger partial charge in [0.25, 0.3) is 0 Å². The minimum absolute atomic E-state index is 0.264. The van der Waals surface area contributed by atoms with E-state index >= 15 is 0 Å². The number of hydrogen-bond acceptors (Lipinski definition) is 3. The molecular weight excluding hydrogens is 140 g/mol. The average molecular weight is 158 g/mol. The van der Waals surface area contributed by atoms with Crippen LogP contribution in [-0.2, 0) is 4.74 Å². The molecule has 1 heterocycles. The molecule has 0 aliphatic carbocycles. The van der Waals surface area contributed by atoms with Crippen molar-refractivity contribution in [2.45, 2.75) is 25.4 Å². The molecule has 3 heteroatoms. The van der Waals surface area contributed by atoms with Crippen molar-refractivity contribution in [3.8, 4) is 0 Å². The van der Waals surface area contributed by atoms with E-state index in [0.29, 0.717) is 6.04 Å². The summed E-state index contributed by atoms with van der Waals surface area (Å²) >= 11 is 0. The van der Waals surface area contributed by atoms with E-state index < -0.39 is 0 Å². The summed E-state index contributed by atoms with van der Waals surface area (Å²) in [5, 5.41) is 0. The van der Waals surface area contributed by atoms with Crippen molar-refractivity contribution in [1.29, 1.82) is 0 Å². The highest BCUT2D eigenvalue weighted by Gasteiger charge is 2.20. The molecule has 1 aliphatic rings. The Balaban J connectivity index is 2.22. The molecule has 0 amide bonds. The molecule has 0 bridgehead atoms. The van der Waals surface area contributed by atoms with Gasteiger partial charge in [-0.25, -0.2) is 0 Å². The Morgan fingerprint density at radius 3 is 2.91 bits per heavy atom. The molecule has 3 nitrogen and oxygen atoms in total. The van der Waals surface area contributed by atoms with E-state index in [1.54, 1.807) is 0 Å². The number of hydrogen-bond donors (Lipinski definition) is 1. The first-order valence-corrected chi connectivity index (χ1v) is 4.23. The maximum absolute atomic E-state index is 5.68. The SMILES string of the molecule is C[C@@H](N)CN(C)C1CCOC1. The molecule has 0 radical (unpaired) electrons. The first-order chi connectivity index (χ1) is 5.20. The fourth-order valence-electron chi connectivity index (χ4n) is 1.47. The van der Waals surface area contributed by atoms with Crippen molar-refractivity contribution >= 4 is 0 Å². The normalized spacial score (nSPS) is 27.8. The lowest BCUT2D eigenvalue weighted by Crippen LogP contribution is -2.39. The van der Waals surface area contributed by atoms with Gasteiger partial charge < -0.3 is 10.5 Å². The first-order valence-electron chi connectivity index (χ1n) is 4.23. The van der Waals surface area contributed by atoms with Crippen LogP contribution in [-0.4, -0.2) is 43.8 Å². The molecule has 0 saturated carbocycles. The minimum Gasteiger partial charge on any atom is -0.380 e. The van der Waals surface area contributed by atoms with Crippen LogP contribution in [0.25, 0.3) is 0 Å². The van der Waals surface area contributed by atoms with Gasteiger partial charge in [-0.3, -0.25) is 4.90 Å². The van der Waals surface area contributed by atoms with Gasteiger partial charge in [-0.05, 0) is 20.4 Å². The molecule has 0 aromatic carbocycles. The van der Waals surface area contributed by atoms with Crippen LogP contribution >= 0.6 is 0 Å². The summed E-state index contributed by atoms with van der Waals surface area (Å²) in [6.45, 7) is 4.79. The van der Waals surface area contributed by atoms with Gasteiger partial charge in [-0.15, -0.1) is 0 Å². The van der Waals surface area contributed by atoms with E-state index in [1.165, 1.54) is 0 Å². The van der Waals surface area contributed by atoms with Crippen LogP contribution < -0.4 is 5.73 Å². The summed E-state index contributed by atoms with van der Waals surface area (Å²) in [6, 6.07) is 0.863. The van der Waals surface area contributed by atoms with Crippen molar-refractivity contribution in [3.63, 3.8) is 0 Å². The summed E-state index contributed by atoms with van der Waals surface area (Å²) in [6.07, 6.45) is 1.16. The average Bonchev–Trinajstić information content (AvgIpc) is 2.35. The molecule has 1 aliphatic heterocycles. The summed E-state index contributed by atoms with van der Waals surface area (Å²) < 4.78 is 5.28. The van der Waals surface area contributed by atoms with Gasteiger partial charge in [0.1, 0.15) is 0 Å². The zero-order chi connectivity index (χ0) is 8.27. The van der Waals surface area contributed by atoms with Gasteiger partial charge in [0, 0.05) is 25.2 Å². The number of ether oxygens (including phenoxy) is 1. The Kier molecular flexibility index (Phi) is 3.30. The Labute approximate surface area is 68.5 Å². The van der Waals surface area contributed by atoms with Gasteiger partial charge in [0.2, 0.25) is 0 Å². The third kappa shape index (κ3) is 2.77. The Morgan fingerprint density at radius 1 is 1.73 bits per heavy atom. The molecular formula is C8H18N2O. The highest BCUT2D eigenvalue weighted by atomic mass is 16.5. The van der Waals surface area contributed by atoms with Crippen LogP contribution in [0.3, 0.4) is 0 Å². The van der Waals surface area contributed by atoms with E-state index in [2.05, 4.69) is 11.9 Å². The molecule has 2 atom stereocenters. The second-order valence-electron chi connectivity index (χ2n) is 3.43. The van der Waals surface area contributed by atoms with E-state index in [1.807, 2.05) is 6.92 Å². The maximum Gasteiger partial charge on any atom is 0.0622 e. The van der Waals surface area contributed by atoms with Crippen molar-refractivity contribution in [1.82, 2.24) is 4.90 Å². The Morgan fingerprint density at radius 2 is 2.45 bits per heavy atom. The number of likely N-dealkylation sites (N-methyl/N-ethyl adjacent to an activating group) is 1. The smallest absolute Gasteiger partial charge is 0.0622 e. The van der Waals surface area contributed by atoms with Gasteiger partial charge >= 0.3 is 0 Å². The van der Waals surface area contributed by atoms with Gasteiger partial charge in [0.05, 0.1) is 6.61 Å². The molecule has 1 saturated heterocycles. The third-order valence-electron chi connectivity index (χ3n) is 2.10. The Bertz CT molecular complexity index is 111. The first kappa shape index (κ1) is 8.97. The second-order valence-corrected chi connectivity index (χ2v) is 3.43. The van der Waals surface area contributed by atoms with Crippen LogP contribution in [0.4, 0.5) is 0 Å². The molecule has 0 aromatic heterocycles. The quantitative estimate of drug-likeness (QED) is 0.631. The summed E-state index contributed by atoms with van der Waals surface area (Å²) in [5.41, 5.74) is 5.68. The molecule has 1 fully saturated rings. The Hall–Kier alpha value is -0.120. The predicted octanol–water partition coefficient (Wildman–Crippen LogP) is 0.0543. The van der Waals surface area contributed by atoms with Crippen LogP contribution in [0, 0.1) is 0 Å². The van der Waals surface area contributed by atoms with Gasteiger partial charge in [-0.2, -0.15) is 0 Å². The monoisotopic (exact) mass is 158 g/mol. The highest BCUT2D eigenvalue weighted by Crippen LogP contribution is 2.09. The van der Waals surface area contributed by atoms with Gasteiger partial charge in [0.15, 0.2) is 0 Å². The van der Waals surface area contributed by atoms with E-state index in [-0.39, 0.29) is 6.04 Å². The number of rotatable bonds is 3. The van der Waals surface area contributed by atoms with E-state index in [4.69, 9.17) is 10.5 Å². The second kappa shape index (κ2) is 4.04. The van der Waals surface area contributed by atoms with Crippen molar-refractivity contribution in [3.05, 3.63) is 0 Å². The molecule has 1 rings (SSSR count). The van der Waals surface area contributed by atoms with Crippen LogP contribution in [0.5, 0.6) is 0 Å². The standard InChI is InChI=1S/C8H18N2O/c1-7(9)5-10(2)8-3-4-11-6-8/h7-8H,3-6,9H2,1-2H3/t7-,8?/m1/s1. The highest BCUT2D eigenvalue weighted by molar-refractivity contribution is 4.74. The number of nitrogens with two attached hydrogens (primary N) is 1. The maximum atomic E-state index is 5.68. The fourth-order valence-corrected chi connectivity index (χ4v) is 1.47. The molecule has 11 heavy (non-hydrogen) atoms. The number of nitrogens with zero attached hydrogens (tertiary/aromatic N) is 1. The molecule has 66 valence electrons. The molecule has 0 aromatic rings. The lowest BCUT2D eigenvalue weighted by molar-refractivity contribution is 0.157. The topological polar surface area (TPSA) is 38.5 Å². The molecule has 0 spiro atoms. The zero-order valence-electron chi connectivity index (χ0n) is 7.42. The summed E-state index contributed by atoms with van der Waals surface area (Å²) in [5.74, 6) is 0. The lowest BCUT2D eigenvalue weighted by Gasteiger charge is -2.24. The zero-order valence-corrected chi connectivity index (χ0v) is 7.42. The molecule has 1 unspecified atom stereocenters. The molecule has 2 N–H and O–H groups in total. The summed E-state index contributed by atoms with van der Waals surface area (Å²) in [4.78, 5) is 2.29. The predicted molar refractivity (Wildman–Crippen MR) is 45.5 cm³/mol. The van der Waals surface area contributed by atoms with Crippen LogP contribution in [0.1, 0.15) is 13.3 Å². The van der Waals surface area contributed by atoms with Crippen molar-refractivity contribution < 1.29 is 4.74 Å². The van der Waals surface area contributed by atoms with Crippen LogP contribution in [0.15, 0.2) is 0 Å². The summed E-state index contributed by atoms with van der Waals surface area (Å²) in [7, 11) is 2.11. The largest absolute Gasteiger partial charge is 0.380 e. The van der Waals surface area contributed by atoms with E-state index in [9.17, 15) is 0 Å². The van der Waals surface area contributed by atoms with Crippen molar-refractivity contribution in [2.24, 2.45) is 5.73 Å².